The number of phosphoric ester groups is 1. The molecule has 70 heavy (non-hydrogen) atoms. The summed E-state index contributed by atoms with van der Waals surface area (Å²) in [5.74, 6) is -2.32. The molecular weight excluding hydrogens is 996 g/mol. The lowest BCUT2D eigenvalue weighted by Crippen LogP contribution is -2.52. The summed E-state index contributed by atoms with van der Waals surface area (Å²) in [6.45, 7) is 13.8. The maximum atomic E-state index is 13.3. The van der Waals surface area contributed by atoms with Crippen LogP contribution in [0.1, 0.15) is 61.4 Å². The number of carboxylic acid groups (broad SMARTS) is 1. The molecule has 2 aromatic carbocycles. The van der Waals surface area contributed by atoms with Crippen molar-refractivity contribution in [2.24, 2.45) is 0 Å². The van der Waals surface area contributed by atoms with Crippen molar-refractivity contribution in [3.05, 3.63) is 52.1 Å². The Morgan fingerprint density at radius 2 is 1.14 bits per heavy atom. The number of nitrogens with one attached hydrogen (secondary N) is 2. The average molecular weight is 1070 g/mol. The van der Waals surface area contributed by atoms with Crippen molar-refractivity contribution in [3.63, 3.8) is 0 Å². The molecule has 2 aromatic rings. The van der Waals surface area contributed by atoms with Gasteiger partial charge in [-0.25, -0.2) is 4.57 Å². The number of carbonyl (C=O) groups excluding carboxylic acids is 2. The number of aryl methyl sites for hydroxylation is 5. The van der Waals surface area contributed by atoms with Gasteiger partial charge in [-0.05, 0) is 114 Å². The van der Waals surface area contributed by atoms with Crippen LogP contribution in [0, 0.1) is 34.6 Å². The van der Waals surface area contributed by atoms with Gasteiger partial charge in [-0.3, -0.25) is 57.1 Å². The van der Waals surface area contributed by atoms with E-state index >= 15 is 0 Å². The van der Waals surface area contributed by atoms with Crippen molar-refractivity contribution in [2.75, 3.05) is 111 Å². The molecule has 23 nitrogen and oxygen atoms in total. The number of hydrogen-bond acceptors (Lipinski definition) is 16. The highest BCUT2D eigenvalue weighted by Crippen LogP contribution is 2.47. The minimum absolute atomic E-state index is 0.00479. The van der Waals surface area contributed by atoms with E-state index in [2.05, 4.69) is 22.8 Å². The number of aliphatic carboxylic acids is 1. The molecule has 0 aromatic heterocycles. The Kier molecular flexibility index (Phi) is 25.0. The van der Waals surface area contributed by atoms with Crippen molar-refractivity contribution < 1.29 is 79.9 Å². The minimum atomic E-state index is -4.71. The van der Waals surface area contributed by atoms with E-state index in [1.165, 1.54) is 11.8 Å². The number of carboxylic acids is 1. The van der Waals surface area contributed by atoms with Crippen LogP contribution in [0.3, 0.4) is 0 Å². The molecule has 0 bridgehead atoms. The van der Waals surface area contributed by atoms with Crippen molar-refractivity contribution in [1.82, 2.24) is 30.2 Å². The Hall–Kier alpha value is -2.91. The molecule has 1 aliphatic heterocycles. The molecule has 3 rings (SSSR count). The van der Waals surface area contributed by atoms with Gasteiger partial charge in [0, 0.05) is 52.4 Å². The van der Waals surface area contributed by atoms with Gasteiger partial charge in [-0.2, -0.15) is 0 Å². The Morgan fingerprint density at radius 3 is 1.64 bits per heavy atom. The lowest BCUT2D eigenvalue weighted by atomic mass is 9.90. The Bertz CT molecular complexity index is 2240. The molecule has 0 spiro atoms. The lowest BCUT2D eigenvalue weighted by molar-refractivity contribution is -0.144. The van der Waals surface area contributed by atoms with Gasteiger partial charge in [0.2, 0.25) is 11.8 Å². The normalized spacial score (nSPS) is 17.7. The third-order valence-corrected chi connectivity index (χ3v) is 16.0. The van der Waals surface area contributed by atoms with Crippen LogP contribution in [0.15, 0.2) is 24.3 Å². The first kappa shape index (κ1) is 61.4. The third-order valence-electron chi connectivity index (χ3n) is 11.2. The highest BCUT2D eigenvalue weighted by Gasteiger charge is 2.31. The zero-order valence-electron chi connectivity index (χ0n) is 41.5. The van der Waals surface area contributed by atoms with Crippen LogP contribution in [0.25, 0.3) is 11.1 Å². The number of nitrogens with zero attached hydrogens (tertiary/aromatic N) is 4. The summed E-state index contributed by atoms with van der Waals surface area (Å²) < 4.78 is 77.1. The monoisotopic (exact) mass is 1070 g/mol. The Morgan fingerprint density at radius 1 is 0.643 bits per heavy atom. The van der Waals surface area contributed by atoms with Gasteiger partial charge in [-0.15, -0.1) is 0 Å². The van der Waals surface area contributed by atoms with Crippen molar-refractivity contribution in [3.8, 4) is 16.9 Å². The standard InChI is InChI=1S/C43H74N6O17P4/c1-9-62-68(57,58)29-44-40(50)27-46-14-16-48(31-67(54,55)56)17-15-47(28-41(51)45-30-69(59,63-10-2)64-11-3)19-21-49(20-18-46)38(43(52)53)13-12-22-65-70(60,61)66-39-26-33(5)37(25-34(39)6)42-35(7)23-32(4)24-36(42)8/h23-26,38H,9-22,27-31H2,1-8H3,(H,44,50)(H,45,51)(H,52,53)(H,57,58)(H,60,61)(H2,54,55,56)/t38-/m1/s1. The second-order valence-electron chi connectivity index (χ2n) is 17.1. The lowest BCUT2D eigenvalue weighted by Gasteiger charge is -2.36. The summed E-state index contributed by atoms with van der Waals surface area (Å²) >= 11 is 0. The van der Waals surface area contributed by atoms with E-state index in [1.807, 2.05) is 33.8 Å². The van der Waals surface area contributed by atoms with E-state index in [9.17, 15) is 57.3 Å². The van der Waals surface area contributed by atoms with Crippen molar-refractivity contribution >= 4 is 48.4 Å². The van der Waals surface area contributed by atoms with E-state index in [0.717, 1.165) is 33.4 Å². The maximum absolute atomic E-state index is 13.3. The summed E-state index contributed by atoms with van der Waals surface area (Å²) in [5.41, 5.74) is 6.74. The van der Waals surface area contributed by atoms with E-state index in [4.69, 9.17) is 22.6 Å². The van der Waals surface area contributed by atoms with Crippen LogP contribution in [0.2, 0.25) is 0 Å². The second-order valence-corrected chi connectivity index (χ2v) is 24.0. The Labute approximate surface area is 411 Å². The summed E-state index contributed by atoms with van der Waals surface area (Å²) in [4.78, 5) is 86.4. The number of rotatable bonds is 26. The fourth-order valence-electron chi connectivity index (χ4n) is 8.07. The SMILES string of the molecule is CCOP(=O)(O)CNC(=O)CN1CCN(CP(=O)(O)O)CCN(CC(=O)NCP(=O)(OCC)OCC)CCN([C@H](CCCOP(=O)(O)Oc2cc(C)c(-c3c(C)cc(C)cc3C)cc2C)C(=O)O)CC1. The molecule has 1 fully saturated rings. The molecule has 0 radical (unpaired) electrons. The van der Waals surface area contributed by atoms with E-state index < -0.39 is 73.3 Å². The second kappa shape index (κ2) is 28.5. The molecule has 1 aliphatic rings. The summed E-state index contributed by atoms with van der Waals surface area (Å²) in [5, 5.41) is 15.5. The molecule has 0 saturated carbocycles. The maximum Gasteiger partial charge on any atom is 0.527 e. The van der Waals surface area contributed by atoms with Crippen LogP contribution in [0.4, 0.5) is 0 Å². The van der Waals surface area contributed by atoms with Crippen molar-refractivity contribution in [2.45, 2.75) is 74.3 Å². The highest BCUT2D eigenvalue weighted by molar-refractivity contribution is 7.53. The molecule has 0 aliphatic carbocycles. The van der Waals surface area contributed by atoms with Gasteiger partial charge in [0.05, 0.1) is 39.5 Å². The molecular formula is C43H74N6O17P4. The zero-order chi connectivity index (χ0) is 52.5. The smallest absolute Gasteiger partial charge is 0.480 e. The Balaban J connectivity index is 1.84. The van der Waals surface area contributed by atoms with Gasteiger partial charge in [0.25, 0.3) is 0 Å². The molecule has 27 heteroatoms. The molecule has 1 heterocycles. The topological polar surface area (TPSA) is 304 Å². The van der Waals surface area contributed by atoms with Crippen molar-refractivity contribution in [1.29, 1.82) is 0 Å². The summed E-state index contributed by atoms with van der Waals surface area (Å²) in [6, 6.07) is 6.53. The molecule has 1 saturated heterocycles. The zero-order valence-corrected chi connectivity index (χ0v) is 45.1. The first-order valence-corrected chi connectivity index (χ1v) is 29.9. The fourth-order valence-corrected chi connectivity index (χ4v) is 12.0. The first-order chi connectivity index (χ1) is 32.7. The summed E-state index contributed by atoms with van der Waals surface area (Å²) in [7, 11) is -17.1. The third kappa shape index (κ3) is 21.7. The number of benzene rings is 2. The molecule has 2 amide bonds. The van der Waals surface area contributed by atoms with Gasteiger partial charge >= 0.3 is 36.6 Å². The first-order valence-electron chi connectivity index (χ1n) is 23.1. The van der Waals surface area contributed by atoms with E-state index in [0.29, 0.717) is 5.56 Å². The molecule has 398 valence electrons. The quantitative estimate of drug-likeness (QED) is 0.0499. The van der Waals surface area contributed by atoms with Gasteiger partial charge < -0.3 is 48.5 Å². The van der Waals surface area contributed by atoms with E-state index in [-0.39, 0.29) is 110 Å². The van der Waals surface area contributed by atoms with E-state index in [1.54, 1.807) is 41.5 Å². The molecule has 3 atom stereocenters. The molecule has 2 unspecified atom stereocenters. The predicted molar refractivity (Wildman–Crippen MR) is 264 cm³/mol. The van der Waals surface area contributed by atoms with Crippen LogP contribution in [-0.2, 0) is 50.7 Å². The van der Waals surface area contributed by atoms with Crippen LogP contribution in [0.5, 0.6) is 5.75 Å². The summed E-state index contributed by atoms with van der Waals surface area (Å²) in [6.07, 6.45) is -1.84. The van der Waals surface area contributed by atoms with Crippen LogP contribution in [-0.4, -0.2) is 179 Å². The highest BCUT2D eigenvalue weighted by atomic mass is 31.2. The van der Waals surface area contributed by atoms with Gasteiger partial charge in [0.1, 0.15) is 30.6 Å². The number of amides is 2. The van der Waals surface area contributed by atoms with Gasteiger partial charge in [0.15, 0.2) is 0 Å². The van der Waals surface area contributed by atoms with Crippen LogP contribution < -0.4 is 15.2 Å². The predicted octanol–water partition coefficient (Wildman–Crippen LogP) is 4.62. The van der Waals surface area contributed by atoms with Gasteiger partial charge in [-0.1, -0.05) is 17.7 Å². The van der Waals surface area contributed by atoms with Crippen LogP contribution >= 0.6 is 30.6 Å². The fraction of sp³-hybridized carbons (Fsp3) is 0.651. The molecule has 7 N–H and O–H groups in total. The average Bonchev–Trinajstić information content (AvgIpc) is 3.23. The number of hydrogen-bond donors (Lipinski definition) is 7. The largest absolute Gasteiger partial charge is 0.527 e. The number of phosphoric acid groups is 1. The minimum Gasteiger partial charge on any atom is -0.480 e. The number of carbonyl (C=O) groups is 3.